The maximum Gasteiger partial charge on any atom is 0.266 e. The second-order valence-electron chi connectivity index (χ2n) is 4.77. The summed E-state index contributed by atoms with van der Waals surface area (Å²) in [5.74, 6) is 0. The Morgan fingerprint density at radius 1 is 1.50 bits per heavy atom. The van der Waals surface area contributed by atoms with Crippen molar-refractivity contribution in [2.24, 2.45) is 0 Å². The smallest absolute Gasteiger partial charge is 0.266 e. The van der Waals surface area contributed by atoms with Gasteiger partial charge in [-0.3, -0.25) is 9.69 Å². The van der Waals surface area contributed by atoms with Crippen molar-refractivity contribution in [3.63, 3.8) is 0 Å². The number of likely N-dealkylation sites (N-methyl/N-ethyl adjacent to an activating group) is 1. The zero-order valence-corrected chi connectivity index (χ0v) is 12.8. The molecule has 2 rings (SSSR count). The van der Waals surface area contributed by atoms with Gasteiger partial charge in [0.1, 0.15) is 5.02 Å². The lowest BCUT2D eigenvalue weighted by Crippen LogP contribution is -2.36. The van der Waals surface area contributed by atoms with Gasteiger partial charge in [0.05, 0.1) is 4.90 Å². The topological polar surface area (TPSA) is 82.3 Å². The monoisotopic (exact) mass is 319 g/mol. The van der Waals surface area contributed by atoms with Gasteiger partial charge < -0.3 is 4.98 Å². The first kappa shape index (κ1) is 15.5. The average Bonchev–Trinajstić information content (AvgIpc) is 3.22. The number of hydrogen-bond donors (Lipinski definition) is 2. The molecule has 0 atom stereocenters. The number of sulfonamides is 1. The lowest BCUT2D eigenvalue weighted by molar-refractivity contribution is 0.282. The van der Waals surface area contributed by atoms with Gasteiger partial charge in [-0.1, -0.05) is 18.5 Å². The van der Waals surface area contributed by atoms with Crippen molar-refractivity contribution < 1.29 is 8.42 Å². The molecule has 0 amide bonds. The maximum atomic E-state index is 12.0. The molecule has 8 heteroatoms. The molecule has 1 aliphatic rings. The van der Waals surface area contributed by atoms with Crippen LogP contribution in [0.4, 0.5) is 0 Å². The highest BCUT2D eigenvalue weighted by molar-refractivity contribution is 7.89. The van der Waals surface area contributed by atoms with E-state index in [2.05, 4.69) is 21.5 Å². The molecule has 2 N–H and O–H groups in total. The highest BCUT2D eigenvalue weighted by atomic mass is 35.5. The molecule has 0 bridgehead atoms. The first-order chi connectivity index (χ1) is 9.44. The summed E-state index contributed by atoms with van der Waals surface area (Å²) in [6.07, 6.45) is 3.53. The summed E-state index contributed by atoms with van der Waals surface area (Å²) < 4.78 is 26.6. The summed E-state index contributed by atoms with van der Waals surface area (Å²) in [5.41, 5.74) is -0.503. The number of hydrogen-bond acceptors (Lipinski definition) is 4. The second-order valence-corrected chi connectivity index (χ2v) is 6.94. The van der Waals surface area contributed by atoms with Crippen LogP contribution < -0.4 is 10.3 Å². The van der Waals surface area contributed by atoms with E-state index >= 15 is 0 Å². The number of H-pyrrole nitrogens is 1. The van der Waals surface area contributed by atoms with Gasteiger partial charge in [-0.15, -0.1) is 0 Å². The average molecular weight is 320 g/mol. The van der Waals surface area contributed by atoms with Crippen molar-refractivity contribution in [3.8, 4) is 0 Å². The first-order valence-electron chi connectivity index (χ1n) is 6.56. The van der Waals surface area contributed by atoms with Crippen LogP contribution in [0.15, 0.2) is 22.0 Å². The number of rotatable bonds is 7. The Morgan fingerprint density at radius 2 is 2.20 bits per heavy atom. The summed E-state index contributed by atoms with van der Waals surface area (Å²) in [5, 5.41) is -0.138. The van der Waals surface area contributed by atoms with E-state index in [0.29, 0.717) is 19.1 Å². The highest BCUT2D eigenvalue weighted by Gasteiger charge is 2.27. The number of aromatic amines is 1. The van der Waals surface area contributed by atoms with E-state index < -0.39 is 15.6 Å². The zero-order chi connectivity index (χ0) is 14.8. The number of aromatic nitrogens is 1. The molecule has 0 aliphatic heterocycles. The normalized spacial score (nSPS) is 15.8. The van der Waals surface area contributed by atoms with E-state index in [9.17, 15) is 13.2 Å². The molecule has 0 radical (unpaired) electrons. The molecule has 20 heavy (non-hydrogen) atoms. The van der Waals surface area contributed by atoms with Gasteiger partial charge in [0.25, 0.3) is 5.56 Å². The lowest BCUT2D eigenvalue weighted by Gasteiger charge is -2.19. The third-order valence-corrected chi connectivity index (χ3v) is 5.02. The van der Waals surface area contributed by atoms with Gasteiger partial charge in [0.2, 0.25) is 10.0 Å². The van der Waals surface area contributed by atoms with Crippen LogP contribution in [0.5, 0.6) is 0 Å². The minimum absolute atomic E-state index is 0.0310. The number of nitrogens with one attached hydrogen (secondary N) is 2. The molecule has 6 nitrogen and oxygen atoms in total. The van der Waals surface area contributed by atoms with Crippen molar-refractivity contribution in [2.45, 2.75) is 30.7 Å². The molecule has 0 aromatic carbocycles. The van der Waals surface area contributed by atoms with Crippen LogP contribution in [0.3, 0.4) is 0 Å². The van der Waals surface area contributed by atoms with E-state index in [0.717, 1.165) is 18.8 Å². The highest BCUT2D eigenvalue weighted by Crippen LogP contribution is 2.25. The third-order valence-electron chi connectivity index (χ3n) is 3.30. The van der Waals surface area contributed by atoms with Crippen molar-refractivity contribution in [2.75, 3.05) is 19.6 Å². The SMILES string of the molecule is CCN(CCNS(=O)(=O)c1c[nH]c(=O)c(Cl)c1)C1CC1. The van der Waals surface area contributed by atoms with Crippen LogP contribution in [0.1, 0.15) is 19.8 Å². The molecule has 112 valence electrons. The van der Waals surface area contributed by atoms with Crippen LogP contribution in [-0.2, 0) is 10.0 Å². The van der Waals surface area contributed by atoms with Gasteiger partial charge in [0.15, 0.2) is 0 Å². The lowest BCUT2D eigenvalue weighted by atomic mass is 10.4. The van der Waals surface area contributed by atoms with Crippen molar-refractivity contribution in [3.05, 3.63) is 27.6 Å². The number of pyridine rings is 1. The molecular formula is C12H18ClN3O3S. The molecule has 0 spiro atoms. The fraction of sp³-hybridized carbons (Fsp3) is 0.583. The number of halogens is 1. The van der Waals surface area contributed by atoms with Gasteiger partial charge in [-0.2, -0.15) is 0 Å². The quantitative estimate of drug-likeness (QED) is 0.778. The predicted octanol–water partition coefficient (Wildman–Crippen LogP) is 0.791. The second kappa shape index (κ2) is 6.26. The van der Waals surface area contributed by atoms with E-state index in [-0.39, 0.29) is 9.92 Å². The van der Waals surface area contributed by atoms with Gasteiger partial charge in [-0.05, 0) is 25.5 Å². The molecule has 1 heterocycles. The third kappa shape index (κ3) is 3.82. The largest absolute Gasteiger partial charge is 0.326 e. The van der Waals surface area contributed by atoms with Crippen LogP contribution in [0.2, 0.25) is 5.02 Å². The van der Waals surface area contributed by atoms with Crippen LogP contribution in [0.25, 0.3) is 0 Å². The van der Waals surface area contributed by atoms with Crippen LogP contribution in [-0.4, -0.2) is 44.0 Å². The Kier molecular flexibility index (Phi) is 4.85. The minimum atomic E-state index is -3.64. The summed E-state index contributed by atoms with van der Waals surface area (Å²) >= 11 is 5.63. The molecule has 0 saturated heterocycles. The molecule has 1 saturated carbocycles. The Bertz CT molecular complexity index is 625. The number of nitrogens with zero attached hydrogens (tertiary/aromatic N) is 1. The van der Waals surface area contributed by atoms with Crippen molar-refractivity contribution in [1.29, 1.82) is 0 Å². The van der Waals surface area contributed by atoms with E-state index in [4.69, 9.17) is 11.6 Å². The molecular weight excluding hydrogens is 302 g/mol. The maximum absolute atomic E-state index is 12.0. The first-order valence-corrected chi connectivity index (χ1v) is 8.42. The molecule has 1 aromatic heterocycles. The van der Waals surface area contributed by atoms with Crippen LogP contribution in [0, 0.1) is 0 Å². The van der Waals surface area contributed by atoms with Gasteiger partial charge >= 0.3 is 0 Å². The molecule has 1 fully saturated rings. The van der Waals surface area contributed by atoms with E-state index in [1.807, 2.05) is 0 Å². The minimum Gasteiger partial charge on any atom is -0.326 e. The zero-order valence-electron chi connectivity index (χ0n) is 11.2. The standard InChI is InChI=1S/C12H18ClN3O3S/c1-2-16(9-3-4-9)6-5-15-20(18,19)10-7-11(13)12(17)14-8-10/h7-9,15H,2-6H2,1H3,(H,14,17). The van der Waals surface area contributed by atoms with Crippen molar-refractivity contribution in [1.82, 2.24) is 14.6 Å². The predicted molar refractivity (Wildman–Crippen MR) is 77.5 cm³/mol. The Balaban J connectivity index is 1.96. The summed E-state index contributed by atoms with van der Waals surface area (Å²) in [4.78, 5) is 15.6. The summed E-state index contributed by atoms with van der Waals surface area (Å²) in [6, 6.07) is 1.76. The fourth-order valence-electron chi connectivity index (χ4n) is 2.04. The van der Waals surface area contributed by atoms with E-state index in [1.54, 1.807) is 0 Å². The fourth-order valence-corrected chi connectivity index (χ4v) is 3.29. The van der Waals surface area contributed by atoms with Gasteiger partial charge in [-0.25, -0.2) is 13.1 Å². The summed E-state index contributed by atoms with van der Waals surface area (Å²) in [6.45, 7) is 3.99. The van der Waals surface area contributed by atoms with E-state index in [1.165, 1.54) is 12.8 Å². The van der Waals surface area contributed by atoms with Crippen LogP contribution >= 0.6 is 11.6 Å². The molecule has 1 aliphatic carbocycles. The molecule has 1 aromatic rings. The van der Waals surface area contributed by atoms with Crippen molar-refractivity contribution >= 4 is 21.6 Å². The Hall–Kier alpha value is -0.890. The summed E-state index contributed by atoms with van der Waals surface area (Å²) in [7, 11) is -3.64. The Morgan fingerprint density at radius 3 is 2.75 bits per heavy atom. The molecule has 0 unspecified atom stereocenters. The van der Waals surface area contributed by atoms with Gasteiger partial charge in [0, 0.05) is 25.3 Å². The Labute approximate surface area is 123 Å².